The maximum atomic E-state index is 12.9. The van der Waals surface area contributed by atoms with Crippen LogP contribution < -0.4 is 0 Å². The van der Waals surface area contributed by atoms with Crippen molar-refractivity contribution in [2.45, 2.75) is 5.25 Å². The van der Waals surface area contributed by atoms with Crippen molar-refractivity contribution in [1.82, 2.24) is 0 Å². The van der Waals surface area contributed by atoms with Crippen molar-refractivity contribution in [3.63, 3.8) is 0 Å². The van der Waals surface area contributed by atoms with Crippen molar-refractivity contribution in [1.29, 1.82) is 0 Å². The summed E-state index contributed by atoms with van der Waals surface area (Å²) in [5.41, 5.74) is 0.772. The lowest BCUT2D eigenvalue weighted by Crippen LogP contribution is -2.30. The number of carboxylic acids is 1. The highest BCUT2D eigenvalue weighted by atomic mass is 32.2. The molecule has 74 valence electrons. The summed E-state index contributed by atoms with van der Waals surface area (Å²) in [4.78, 5) is 10.7. The SMILES string of the molecule is O=C(O)C1CSC1c1cccc(F)c1. The van der Waals surface area contributed by atoms with Gasteiger partial charge in [-0.15, -0.1) is 0 Å². The molecule has 1 aliphatic rings. The third-order valence-corrected chi connectivity index (χ3v) is 3.83. The summed E-state index contributed by atoms with van der Waals surface area (Å²) in [6.07, 6.45) is 0. The molecule has 0 aromatic heterocycles. The van der Waals surface area contributed by atoms with Gasteiger partial charge in [0.1, 0.15) is 5.82 Å². The summed E-state index contributed by atoms with van der Waals surface area (Å²) in [6, 6.07) is 6.16. The van der Waals surface area contributed by atoms with Crippen LogP contribution in [0.1, 0.15) is 10.8 Å². The topological polar surface area (TPSA) is 37.3 Å². The third-order valence-electron chi connectivity index (χ3n) is 2.32. The molecule has 0 saturated carbocycles. The minimum Gasteiger partial charge on any atom is -0.481 e. The first kappa shape index (κ1) is 9.52. The molecule has 4 heteroatoms. The molecule has 1 heterocycles. The number of halogens is 1. The van der Waals surface area contributed by atoms with E-state index < -0.39 is 5.97 Å². The molecule has 2 nitrogen and oxygen atoms in total. The first-order valence-electron chi connectivity index (χ1n) is 4.28. The van der Waals surface area contributed by atoms with Gasteiger partial charge in [0.25, 0.3) is 0 Å². The standard InChI is InChI=1S/C10H9FO2S/c11-7-3-1-2-6(4-7)9-8(5-14-9)10(12)13/h1-4,8-9H,5H2,(H,12,13). The smallest absolute Gasteiger partial charge is 0.308 e. The summed E-state index contributed by atoms with van der Waals surface area (Å²) >= 11 is 1.56. The predicted molar refractivity (Wildman–Crippen MR) is 52.7 cm³/mol. The van der Waals surface area contributed by atoms with Gasteiger partial charge in [0.2, 0.25) is 0 Å². The molecular weight excluding hydrogens is 203 g/mol. The fourth-order valence-corrected chi connectivity index (χ4v) is 2.68. The molecule has 0 aliphatic carbocycles. The highest BCUT2D eigenvalue weighted by Crippen LogP contribution is 2.47. The summed E-state index contributed by atoms with van der Waals surface area (Å²) in [7, 11) is 0. The van der Waals surface area contributed by atoms with Crippen LogP contribution in [0, 0.1) is 11.7 Å². The number of hydrogen-bond donors (Lipinski definition) is 1. The molecule has 2 unspecified atom stereocenters. The number of benzene rings is 1. The van der Waals surface area contributed by atoms with E-state index in [1.807, 2.05) is 0 Å². The molecule has 14 heavy (non-hydrogen) atoms. The van der Waals surface area contributed by atoms with Crippen LogP contribution in [0.15, 0.2) is 24.3 Å². The van der Waals surface area contributed by atoms with Crippen molar-refractivity contribution in [2.75, 3.05) is 5.75 Å². The maximum Gasteiger partial charge on any atom is 0.308 e. The Morgan fingerprint density at radius 3 is 2.86 bits per heavy atom. The van der Waals surface area contributed by atoms with Crippen LogP contribution in [-0.4, -0.2) is 16.8 Å². The fourth-order valence-electron chi connectivity index (χ4n) is 1.50. The minimum absolute atomic E-state index is 0.0804. The molecule has 1 aromatic carbocycles. The molecule has 1 saturated heterocycles. The first-order chi connectivity index (χ1) is 6.68. The van der Waals surface area contributed by atoms with Crippen LogP contribution in [0.25, 0.3) is 0 Å². The Hall–Kier alpha value is -1.03. The highest BCUT2D eigenvalue weighted by molar-refractivity contribution is 8.01. The van der Waals surface area contributed by atoms with Crippen LogP contribution in [0.3, 0.4) is 0 Å². The molecule has 1 fully saturated rings. The van der Waals surface area contributed by atoms with Crippen LogP contribution in [0.2, 0.25) is 0 Å². The average molecular weight is 212 g/mol. The lowest BCUT2D eigenvalue weighted by atomic mass is 9.99. The summed E-state index contributed by atoms with van der Waals surface area (Å²) in [5.74, 6) is -0.838. The Balaban J connectivity index is 2.20. The van der Waals surface area contributed by atoms with Gasteiger partial charge in [-0.25, -0.2) is 4.39 Å². The largest absolute Gasteiger partial charge is 0.481 e. The Bertz CT molecular complexity index is 367. The summed E-state index contributed by atoms with van der Waals surface area (Å²) in [6.45, 7) is 0. The van der Waals surface area contributed by atoms with E-state index in [1.165, 1.54) is 12.1 Å². The van der Waals surface area contributed by atoms with E-state index in [2.05, 4.69) is 0 Å². The lowest BCUT2D eigenvalue weighted by Gasteiger charge is -2.32. The first-order valence-corrected chi connectivity index (χ1v) is 5.33. The monoisotopic (exact) mass is 212 g/mol. The van der Waals surface area contributed by atoms with E-state index in [9.17, 15) is 9.18 Å². The zero-order valence-electron chi connectivity index (χ0n) is 7.31. The third kappa shape index (κ3) is 1.62. The van der Waals surface area contributed by atoms with Gasteiger partial charge in [-0.3, -0.25) is 4.79 Å². The molecule has 0 spiro atoms. The Morgan fingerprint density at radius 2 is 2.36 bits per heavy atom. The number of carboxylic acid groups (broad SMARTS) is 1. The number of carbonyl (C=O) groups is 1. The van der Waals surface area contributed by atoms with Gasteiger partial charge in [0.15, 0.2) is 0 Å². The van der Waals surface area contributed by atoms with E-state index in [0.29, 0.717) is 5.75 Å². The molecule has 1 N–H and O–H groups in total. The molecule has 2 atom stereocenters. The van der Waals surface area contributed by atoms with Gasteiger partial charge in [-0.1, -0.05) is 12.1 Å². The van der Waals surface area contributed by atoms with E-state index in [4.69, 9.17) is 5.11 Å². The van der Waals surface area contributed by atoms with Gasteiger partial charge in [0, 0.05) is 11.0 Å². The lowest BCUT2D eigenvalue weighted by molar-refractivity contribution is -0.141. The van der Waals surface area contributed by atoms with Gasteiger partial charge >= 0.3 is 5.97 Å². The highest BCUT2D eigenvalue weighted by Gasteiger charge is 2.38. The predicted octanol–water partition coefficient (Wildman–Crippen LogP) is 2.31. The zero-order valence-corrected chi connectivity index (χ0v) is 8.13. The molecule has 1 aliphatic heterocycles. The van der Waals surface area contributed by atoms with Crippen LogP contribution in [0.4, 0.5) is 4.39 Å². The minimum atomic E-state index is -0.794. The van der Waals surface area contributed by atoms with E-state index >= 15 is 0 Å². The molecular formula is C10H9FO2S. The second-order valence-corrected chi connectivity index (χ2v) is 4.43. The number of rotatable bonds is 2. The Labute approximate surface area is 85.1 Å². The van der Waals surface area contributed by atoms with Crippen molar-refractivity contribution in [2.24, 2.45) is 5.92 Å². The number of aliphatic carboxylic acids is 1. The van der Waals surface area contributed by atoms with Crippen LogP contribution in [0.5, 0.6) is 0 Å². The second kappa shape index (κ2) is 3.61. The molecule has 1 aromatic rings. The van der Waals surface area contributed by atoms with Crippen molar-refractivity contribution >= 4 is 17.7 Å². The second-order valence-electron chi connectivity index (χ2n) is 3.25. The van der Waals surface area contributed by atoms with Gasteiger partial charge in [0.05, 0.1) is 5.92 Å². The Kier molecular flexibility index (Phi) is 2.46. The number of thioether (sulfide) groups is 1. The number of hydrogen-bond acceptors (Lipinski definition) is 2. The fraction of sp³-hybridized carbons (Fsp3) is 0.300. The Morgan fingerprint density at radius 1 is 1.57 bits per heavy atom. The van der Waals surface area contributed by atoms with Gasteiger partial charge in [-0.05, 0) is 17.7 Å². The normalized spacial score (nSPS) is 25.5. The maximum absolute atomic E-state index is 12.9. The molecule has 0 radical (unpaired) electrons. The van der Waals surface area contributed by atoms with E-state index in [0.717, 1.165) is 5.56 Å². The van der Waals surface area contributed by atoms with Crippen molar-refractivity contribution < 1.29 is 14.3 Å². The zero-order chi connectivity index (χ0) is 10.1. The van der Waals surface area contributed by atoms with Gasteiger partial charge in [-0.2, -0.15) is 11.8 Å². The molecule has 0 amide bonds. The molecule has 2 rings (SSSR count). The summed E-state index contributed by atoms with van der Waals surface area (Å²) < 4.78 is 12.9. The summed E-state index contributed by atoms with van der Waals surface area (Å²) in [5, 5.41) is 8.75. The van der Waals surface area contributed by atoms with Crippen molar-refractivity contribution in [3.05, 3.63) is 35.6 Å². The van der Waals surface area contributed by atoms with Gasteiger partial charge < -0.3 is 5.11 Å². The quantitative estimate of drug-likeness (QED) is 0.817. The molecule has 0 bridgehead atoms. The van der Waals surface area contributed by atoms with Crippen LogP contribution in [-0.2, 0) is 4.79 Å². The van der Waals surface area contributed by atoms with Crippen LogP contribution >= 0.6 is 11.8 Å². The van der Waals surface area contributed by atoms with E-state index in [-0.39, 0.29) is 17.0 Å². The van der Waals surface area contributed by atoms with E-state index in [1.54, 1.807) is 23.9 Å². The average Bonchev–Trinajstić information content (AvgIpc) is 2.00. The van der Waals surface area contributed by atoms with Crippen molar-refractivity contribution in [3.8, 4) is 0 Å².